The van der Waals surface area contributed by atoms with E-state index in [0.717, 1.165) is 0 Å². The molecule has 1 aromatic carbocycles. The van der Waals surface area contributed by atoms with E-state index in [4.69, 9.17) is 5.11 Å². The van der Waals surface area contributed by atoms with Gasteiger partial charge in [-0.1, -0.05) is 0 Å². The second-order valence-corrected chi connectivity index (χ2v) is 3.77. The molecule has 3 N–H and O–H groups in total. The summed E-state index contributed by atoms with van der Waals surface area (Å²) in [5.74, 6) is -6.92. The topological polar surface area (TPSA) is 78.4 Å². The van der Waals surface area contributed by atoms with Gasteiger partial charge in [0.1, 0.15) is 0 Å². The Kier molecular flexibility index (Phi) is 4.87. The maximum absolute atomic E-state index is 12.8. The highest BCUT2D eigenvalue weighted by atomic mass is 19.2. The number of anilines is 1. The molecule has 1 unspecified atom stereocenters. The van der Waals surface area contributed by atoms with Crippen LogP contribution >= 0.6 is 0 Å². The first-order chi connectivity index (χ1) is 8.81. The van der Waals surface area contributed by atoms with Crippen molar-refractivity contribution in [1.29, 1.82) is 0 Å². The number of nitrogens with one attached hydrogen (secondary N) is 2. The van der Waals surface area contributed by atoms with E-state index in [2.05, 4.69) is 5.32 Å². The Morgan fingerprint density at radius 1 is 1.21 bits per heavy atom. The number of hydrogen-bond acceptors (Lipinski definition) is 3. The highest BCUT2D eigenvalue weighted by Crippen LogP contribution is 2.17. The second-order valence-electron chi connectivity index (χ2n) is 3.77. The third kappa shape index (κ3) is 4.25. The lowest BCUT2D eigenvalue weighted by molar-refractivity contribution is -0.136. The van der Waals surface area contributed by atoms with Crippen LogP contribution in [-0.2, 0) is 9.59 Å². The summed E-state index contributed by atoms with van der Waals surface area (Å²) < 4.78 is 38.3. The first kappa shape index (κ1) is 15.0. The molecule has 104 valence electrons. The van der Waals surface area contributed by atoms with E-state index >= 15 is 0 Å². The average molecular weight is 276 g/mol. The van der Waals surface area contributed by atoms with Crippen molar-refractivity contribution in [3.8, 4) is 0 Å². The van der Waals surface area contributed by atoms with Gasteiger partial charge in [-0.15, -0.1) is 0 Å². The zero-order valence-corrected chi connectivity index (χ0v) is 9.84. The van der Waals surface area contributed by atoms with Crippen molar-refractivity contribution in [3.63, 3.8) is 0 Å². The van der Waals surface area contributed by atoms with Crippen molar-refractivity contribution >= 4 is 17.5 Å². The molecule has 0 fully saturated rings. The van der Waals surface area contributed by atoms with Crippen LogP contribution in [0.1, 0.15) is 6.92 Å². The Bertz CT molecular complexity index is 483. The molecule has 0 saturated carbocycles. The molecule has 19 heavy (non-hydrogen) atoms. The van der Waals surface area contributed by atoms with Crippen molar-refractivity contribution in [2.24, 2.45) is 0 Å². The van der Waals surface area contributed by atoms with E-state index in [1.54, 1.807) is 0 Å². The van der Waals surface area contributed by atoms with Gasteiger partial charge in [-0.3, -0.25) is 9.59 Å². The summed E-state index contributed by atoms with van der Waals surface area (Å²) in [6.07, 6.45) is -0.850. The minimum atomic E-state index is -1.67. The summed E-state index contributed by atoms with van der Waals surface area (Å²) in [6, 6.07) is 1.08. The summed E-state index contributed by atoms with van der Waals surface area (Å²) >= 11 is 0. The van der Waals surface area contributed by atoms with Gasteiger partial charge in [-0.25, -0.2) is 13.2 Å². The zero-order chi connectivity index (χ0) is 14.6. The second kappa shape index (κ2) is 6.19. The largest absolute Gasteiger partial charge is 0.392 e. The quantitative estimate of drug-likeness (QED) is 0.557. The van der Waals surface area contributed by atoms with E-state index in [-0.39, 0.29) is 6.54 Å². The average Bonchev–Trinajstić information content (AvgIpc) is 2.32. The number of carbonyl (C=O) groups is 2. The number of amides is 2. The van der Waals surface area contributed by atoms with Crippen LogP contribution < -0.4 is 10.6 Å². The van der Waals surface area contributed by atoms with E-state index in [0.29, 0.717) is 12.1 Å². The molecule has 0 aliphatic carbocycles. The summed E-state index contributed by atoms with van der Waals surface area (Å²) in [7, 11) is 0. The predicted octanol–water partition coefficient (Wildman–Crippen LogP) is 0.539. The number of halogens is 3. The van der Waals surface area contributed by atoms with Gasteiger partial charge in [-0.2, -0.15) is 0 Å². The van der Waals surface area contributed by atoms with Crippen LogP contribution in [0, 0.1) is 17.5 Å². The Morgan fingerprint density at radius 3 is 2.21 bits per heavy atom. The molecule has 0 aliphatic heterocycles. The summed E-state index contributed by atoms with van der Waals surface area (Å²) in [5, 5.41) is 12.9. The van der Waals surface area contributed by atoms with E-state index in [9.17, 15) is 22.8 Å². The molecule has 1 rings (SSSR count). The molecule has 2 amide bonds. The predicted molar refractivity (Wildman–Crippen MR) is 59.6 cm³/mol. The molecule has 0 bridgehead atoms. The minimum Gasteiger partial charge on any atom is -0.392 e. The summed E-state index contributed by atoms with van der Waals surface area (Å²) in [5.41, 5.74) is -0.395. The van der Waals surface area contributed by atoms with Gasteiger partial charge in [0, 0.05) is 24.4 Å². The maximum Gasteiger partial charge on any atom is 0.313 e. The third-order valence-electron chi connectivity index (χ3n) is 2.01. The number of hydrogen-bond donors (Lipinski definition) is 3. The number of carbonyl (C=O) groups excluding carboxylic acids is 2. The standard InChI is InChI=1S/C11H11F3N2O3/c1-5(17)4-15-10(18)11(19)16-6-2-7(12)9(14)8(13)3-6/h2-3,5,17H,4H2,1H3,(H,15,18)(H,16,19). The van der Waals surface area contributed by atoms with Crippen molar-refractivity contribution in [2.45, 2.75) is 13.0 Å². The van der Waals surface area contributed by atoms with Gasteiger partial charge in [0.2, 0.25) is 0 Å². The molecule has 0 aromatic heterocycles. The minimum absolute atomic E-state index is 0.154. The van der Waals surface area contributed by atoms with Crippen molar-refractivity contribution in [2.75, 3.05) is 11.9 Å². The van der Waals surface area contributed by atoms with Crippen LogP contribution in [0.15, 0.2) is 12.1 Å². The molecule has 5 nitrogen and oxygen atoms in total. The molecular weight excluding hydrogens is 265 g/mol. The van der Waals surface area contributed by atoms with Gasteiger partial charge in [0.15, 0.2) is 17.5 Å². The Labute approximate surface area is 106 Å². The molecular formula is C11H11F3N2O3. The zero-order valence-electron chi connectivity index (χ0n) is 9.84. The first-order valence-electron chi connectivity index (χ1n) is 5.23. The highest BCUT2D eigenvalue weighted by molar-refractivity contribution is 6.39. The van der Waals surface area contributed by atoms with Crippen LogP contribution in [0.2, 0.25) is 0 Å². The van der Waals surface area contributed by atoms with Gasteiger partial charge in [0.25, 0.3) is 0 Å². The molecule has 0 heterocycles. The molecule has 0 radical (unpaired) electrons. The number of aliphatic hydroxyl groups is 1. The fourth-order valence-electron chi connectivity index (χ4n) is 1.14. The van der Waals surface area contributed by atoms with Crippen molar-refractivity contribution in [1.82, 2.24) is 5.32 Å². The molecule has 0 spiro atoms. The Morgan fingerprint density at radius 2 is 1.74 bits per heavy atom. The summed E-state index contributed by atoms with van der Waals surface area (Å²) in [4.78, 5) is 22.5. The lowest BCUT2D eigenvalue weighted by Gasteiger charge is -2.08. The third-order valence-corrected chi connectivity index (χ3v) is 2.01. The van der Waals surface area contributed by atoms with Crippen LogP contribution in [0.5, 0.6) is 0 Å². The Hall–Kier alpha value is -2.09. The molecule has 0 saturated heterocycles. The van der Waals surface area contributed by atoms with Gasteiger partial charge >= 0.3 is 11.8 Å². The molecule has 0 aliphatic rings. The smallest absolute Gasteiger partial charge is 0.313 e. The van der Waals surface area contributed by atoms with E-state index in [1.807, 2.05) is 5.32 Å². The van der Waals surface area contributed by atoms with Crippen molar-refractivity contribution in [3.05, 3.63) is 29.6 Å². The maximum atomic E-state index is 12.8. The van der Waals surface area contributed by atoms with Crippen molar-refractivity contribution < 1.29 is 27.9 Å². The molecule has 1 atom stereocenters. The molecule has 8 heteroatoms. The highest BCUT2D eigenvalue weighted by Gasteiger charge is 2.16. The summed E-state index contributed by atoms with van der Waals surface area (Å²) in [6.45, 7) is 1.24. The lowest BCUT2D eigenvalue weighted by Crippen LogP contribution is -2.38. The SMILES string of the molecule is CC(O)CNC(=O)C(=O)Nc1cc(F)c(F)c(F)c1. The van der Waals surface area contributed by atoms with E-state index < -0.39 is 41.1 Å². The fourth-order valence-corrected chi connectivity index (χ4v) is 1.14. The van der Waals surface area contributed by atoms with Crippen LogP contribution in [0.3, 0.4) is 0 Å². The first-order valence-corrected chi connectivity index (χ1v) is 5.23. The monoisotopic (exact) mass is 276 g/mol. The Balaban J connectivity index is 2.69. The van der Waals surface area contributed by atoms with Crippen LogP contribution in [0.25, 0.3) is 0 Å². The van der Waals surface area contributed by atoms with Gasteiger partial charge < -0.3 is 15.7 Å². The number of aliphatic hydroxyl groups excluding tert-OH is 1. The fraction of sp³-hybridized carbons (Fsp3) is 0.273. The molecule has 1 aromatic rings. The number of rotatable bonds is 3. The lowest BCUT2D eigenvalue weighted by atomic mass is 10.3. The number of benzene rings is 1. The van der Waals surface area contributed by atoms with Gasteiger partial charge in [0.05, 0.1) is 6.10 Å². The van der Waals surface area contributed by atoms with Gasteiger partial charge in [-0.05, 0) is 6.92 Å². The van der Waals surface area contributed by atoms with E-state index in [1.165, 1.54) is 6.92 Å². The van der Waals surface area contributed by atoms with Crippen LogP contribution in [0.4, 0.5) is 18.9 Å². The normalized spacial score (nSPS) is 11.8. The van der Waals surface area contributed by atoms with Crippen LogP contribution in [-0.4, -0.2) is 29.6 Å².